The fourth-order valence-corrected chi connectivity index (χ4v) is 4.04. The van der Waals surface area contributed by atoms with Crippen molar-refractivity contribution in [2.45, 2.75) is 51.2 Å². The van der Waals surface area contributed by atoms with Crippen molar-refractivity contribution in [1.29, 1.82) is 0 Å². The second kappa shape index (κ2) is 6.00. The van der Waals surface area contributed by atoms with Gasteiger partial charge in [-0.05, 0) is 38.1 Å². The summed E-state index contributed by atoms with van der Waals surface area (Å²) in [5.74, 6) is 0.584. The van der Waals surface area contributed by atoms with Crippen LogP contribution in [0.5, 0.6) is 0 Å². The van der Waals surface area contributed by atoms with Gasteiger partial charge in [0, 0.05) is 31.1 Å². The zero-order valence-corrected chi connectivity index (χ0v) is 13.3. The first-order chi connectivity index (χ1) is 9.69. The van der Waals surface area contributed by atoms with Gasteiger partial charge in [0.15, 0.2) is 5.13 Å². The molecule has 2 heterocycles. The summed E-state index contributed by atoms with van der Waals surface area (Å²) in [6.07, 6.45) is 5.08. The molecule has 0 amide bonds. The second-order valence-electron chi connectivity index (χ2n) is 6.30. The summed E-state index contributed by atoms with van der Waals surface area (Å²) >= 11 is 1.75. The number of aliphatic hydroxyl groups excluding tert-OH is 1. The minimum absolute atomic E-state index is 0.264. The van der Waals surface area contributed by atoms with Gasteiger partial charge in [-0.3, -0.25) is 4.90 Å². The highest BCUT2D eigenvalue weighted by Crippen LogP contribution is 2.32. The highest BCUT2D eigenvalue weighted by Gasteiger charge is 2.30. The van der Waals surface area contributed by atoms with Gasteiger partial charge in [-0.15, -0.1) is 11.3 Å². The number of nitrogens with zero attached hydrogens (tertiary/aromatic N) is 3. The van der Waals surface area contributed by atoms with Gasteiger partial charge >= 0.3 is 0 Å². The first-order valence-electron chi connectivity index (χ1n) is 7.71. The van der Waals surface area contributed by atoms with Crippen molar-refractivity contribution in [3.05, 3.63) is 11.1 Å². The summed E-state index contributed by atoms with van der Waals surface area (Å²) in [5.41, 5.74) is 1.16. The first kappa shape index (κ1) is 14.3. The molecular formula is C15H25N3OS. The van der Waals surface area contributed by atoms with Crippen LogP contribution in [0, 0.1) is 5.92 Å². The molecule has 1 aliphatic carbocycles. The van der Waals surface area contributed by atoms with Gasteiger partial charge < -0.3 is 10.0 Å². The van der Waals surface area contributed by atoms with Crippen molar-refractivity contribution in [1.82, 2.24) is 9.88 Å². The molecule has 20 heavy (non-hydrogen) atoms. The largest absolute Gasteiger partial charge is 0.395 e. The smallest absolute Gasteiger partial charge is 0.185 e. The lowest BCUT2D eigenvalue weighted by atomic mass is 9.91. The monoisotopic (exact) mass is 295 g/mol. The molecule has 1 saturated carbocycles. The van der Waals surface area contributed by atoms with Crippen LogP contribution in [0.1, 0.15) is 38.3 Å². The predicted octanol–water partition coefficient (Wildman–Crippen LogP) is 2.33. The maximum Gasteiger partial charge on any atom is 0.185 e. The van der Waals surface area contributed by atoms with Gasteiger partial charge in [0.1, 0.15) is 0 Å². The van der Waals surface area contributed by atoms with Crippen LogP contribution < -0.4 is 4.90 Å². The van der Waals surface area contributed by atoms with Crippen molar-refractivity contribution in [3.8, 4) is 0 Å². The zero-order valence-electron chi connectivity index (χ0n) is 12.5. The van der Waals surface area contributed by atoms with Crippen LogP contribution in [0.25, 0.3) is 0 Å². The highest BCUT2D eigenvalue weighted by atomic mass is 32.1. The molecule has 1 saturated heterocycles. The lowest BCUT2D eigenvalue weighted by Gasteiger charge is -2.38. The van der Waals surface area contributed by atoms with Crippen LogP contribution >= 0.6 is 11.3 Å². The number of aliphatic hydroxyl groups is 1. The van der Waals surface area contributed by atoms with Crippen molar-refractivity contribution < 1.29 is 5.11 Å². The molecule has 0 aromatic carbocycles. The molecule has 2 unspecified atom stereocenters. The third-order valence-corrected chi connectivity index (χ3v) is 5.70. The van der Waals surface area contributed by atoms with Crippen molar-refractivity contribution >= 4 is 16.5 Å². The fourth-order valence-electron chi connectivity index (χ4n) is 3.18. The SMILES string of the molecule is CC1CCCN(Cc2csc(N(C)C3CC3)n2)C1CO. The lowest BCUT2D eigenvalue weighted by Crippen LogP contribution is -2.46. The van der Waals surface area contributed by atoms with Crippen molar-refractivity contribution in [3.63, 3.8) is 0 Å². The van der Waals surface area contributed by atoms with Gasteiger partial charge in [-0.25, -0.2) is 4.98 Å². The molecule has 2 fully saturated rings. The molecule has 1 N–H and O–H groups in total. The summed E-state index contributed by atoms with van der Waals surface area (Å²) in [4.78, 5) is 9.50. The standard InChI is InChI=1S/C15H25N3OS/c1-11-4-3-7-18(14(11)9-19)8-12-10-20-15(16-12)17(2)13-5-6-13/h10-11,13-14,19H,3-9H2,1-2H3. The van der Waals surface area contributed by atoms with Crippen LogP contribution in [0.2, 0.25) is 0 Å². The third-order valence-electron chi connectivity index (χ3n) is 4.72. The van der Waals surface area contributed by atoms with E-state index >= 15 is 0 Å². The Morgan fingerprint density at radius 2 is 2.25 bits per heavy atom. The van der Waals surface area contributed by atoms with Crippen LogP contribution in [-0.2, 0) is 6.54 Å². The maximum absolute atomic E-state index is 9.62. The lowest BCUT2D eigenvalue weighted by molar-refractivity contribution is 0.0465. The van der Waals surface area contributed by atoms with E-state index in [1.807, 2.05) is 0 Å². The van der Waals surface area contributed by atoms with E-state index in [4.69, 9.17) is 4.98 Å². The van der Waals surface area contributed by atoms with E-state index in [1.165, 1.54) is 25.7 Å². The summed E-state index contributed by atoms with van der Waals surface area (Å²) < 4.78 is 0. The molecule has 0 radical (unpaired) electrons. The number of aromatic nitrogens is 1. The molecule has 112 valence electrons. The Kier molecular flexibility index (Phi) is 4.29. The molecule has 1 aliphatic heterocycles. The second-order valence-corrected chi connectivity index (χ2v) is 7.14. The van der Waals surface area contributed by atoms with E-state index in [9.17, 15) is 5.11 Å². The van der Waals surface area contributed by atoms with E-state index in [-0.39, 0.29) is 6.61 Å². The average molecular weight is 295 g/mol. The molecule has 2 atom stereocenters. The van der Waals surface area contributed by atoms with Gasteiger partial charge in [0.25, 0.3) is 0 Å². The Bertz CT molecular complexity index is 446. The summed E-state index contributed by atoms with van der Waals surface area (Å²) in [6.45, 7) is 4.48. The van der Waals surface area contributed by atoms with Crippen LogP contribution in [0.15, 0.2) is 5.38 Å². The number of hydrogen-bond donors (Lipinski definition) is 1. The van der Waals surface area contributed by atoms with E-state index in [0.717, 1.165) is 23.9 Å². The molecule has 0 spiro atoms. The Hall–Kier alpha value is -0.650. The molecule has 1 aromatic rings. The van der Waals surface area contributed by atoms with E-state index in [0.29, 0.717) is 18.0 Å². The van der Waals surface area contributed by atoms with E-state index < -0.39 is 0 Å². The summed E-state index contributed by atoms with van der Waals surface area (Å²) in [5, 5.41) is 12.9. The molecular weight excluding hydrogens is 270 g/mol. The van der Waals surface area contributed by atoms with Gasteiger partial charge in [0.05, 0.1) is 12.3 Å². The van der Waals surface area contributed by atoms with Gasteiger partial charge in [-0.1, -0.05) is 6.92 Å². The number of piperidine rings is 1. The van der Waals surface area contributed by atoms with Crippen LogP contribution in [-0.4, -0.2) is 47.3 Å². The summed E-state index contributed by atoms with van der Waals surface area (Å²) in [7, 11) is 2.15. The average Bonchev–Trinajstić information content (AvgIpc) is 3.19. The van der Waals surface area contributed by atoms with Crippen molar-refractivity contribution in [2.75, 3.05) is 25.1 Å². The highest BCUT2D eigenvalue weighted by molar-refractivity contribution is 7.13. The molecule has 2 aliphatic rings. The number of hydrogen-bond acceptors (Lipinski definition) is 5. The Labute approximate surface area is 125 Å². The molecule has 1 aromatic heterocycles. The first-order valence-corrected chi connectivity index (χ1v) is 8.59. The minimum atomic E-state index is 0.264. The maximum atomic E-state index is 9.62. The number of anilines is 1. The summed E-state index contributed by atoms with van der Waals surface area (Å²) in [6, 6.07) is 1.02. The number of likely N-dealkylation sites (tertiary alicyclic amines) is 1. The van der Waals surface area contributed by atoms with E-state index in [2.05, 4.69) is 29.2 Å². The zero-order chi connectivity index (χ0) is 14.1. The Morgan fingerprint density at radius 1 is 1.45 bits per heavy atom. The van der Waals surface area contributed by atoms with E-state index in [1.54, 1.807) is 11.3 Å². The van der Waals surface area contributed by atoms with Crippen molar-refractivity contribution in [2.24, 2.45) is 5.92 Å². The Balaban J connectivity index is 1.64. The molecule has 3 rings (SSSR count). The van der Waals surface area contributed by atoms with Gasteiger partial charge in [-0.2, -0.15) is 0 Å². The van der Waals surface area contributed by atoms with Crippen LogP contribution in [0.4, 0.5) is 5.13 Å². The quantitative estimate of drug-likeness (QED) is 0.905. The molecule has 0 bridgehead atoms. The Morgan fingerprint density at radius 3 is 2.95 bits per heavy atom. The molecule has 4 nitrogen and oxygen atoms in total. The predicted molar refractivity (Wildman–Crippen MR) is 83.2 cm³/mol. The van der Waals surface area contributed by atoms with Gasteiger partial charge in [0.2, 0.25) is 0 Å². The normalized spacial score (nSPS) is 27.8. The topological polar surface area (TPSA) is 39.6 Å². The number of rotatable bonds is 5. The minimum Gasteiger partial charge on any atom is -0.395 e. The number of thiazole rings is 1. The van der Waals surface area contributed by atoms with Crippen LogP contribution in [0.3, 0.4) is 0 Å². The fraction of sp³-hybridized carbons (Fsp3) is 0.800. The third kappa shape index (κ3) is 3.00. The molecule has 5 heteroatoms.